The van der Waals surface area contributed by atoms with Crippen molar-refractivity contribution < 1.29 is 24.6 Å². The summed E-state index contributed by atoms with van der Waals surface area (Å²) in [5.41, 5.74) is 5.94. The molecule has 0 aromatic rings. The van der Waals surface area contributed by atoms with Crippen LogP contribution in [-0.4, -0.2) is 34.5 Å². The van der Waals surface area contributed by atoms with Crippen LogP contribution in [0.2, 0.25) is 0 Å². The molecule has 2 unspecified atom stereocenters. The maximum atomic E-state index is 10.7. The van der Waals surface area contributed by atoms with Gasteiger partial charge in [-0.2, -0.15) is 0 Å². The Balaban J connectivity index is 4.15. The van der Waals surface area contributed by atoms with E-state index in [9.17, 15) is 14.3 Å². The average molecular weight is 224 g/mol. The van der Waals surface area contributed by atoms with Gasteiger partial charge in [-0.25, -0.2) is 5.48 Å². The third-order valence-electron chi connectivity index (χ3n) is 1.76. The Morgan fingerprint density at radius 2 is 2.21 bits per heavy atom. The Labute approximate surface area is 81.7 Å². The number of hydrogen-bond acceptors (Lipinski definition) is 6. The van der Waals surface area contributed by atoms with Crippen LogP contribution in [0.25, 0.3) is 0 Å². The standard InChI is InChI=1S/C6H13N2O5P/c7-5(6(9)10)4(14(12)13)2-1-3-8-11/h4-5,8,11H,1-3,7H2,(H,9,10)/t4?,5-/m0/s1. The molecule has 3 atom stereocenters. The summed E-state index contributed by atoms with van der Waals surface area (Å²) in [6.45, 7) is 0.200. The monoisotopic (exact) mass is 224 g/mol. The van der Waals surface area contributed by atoms with Gasteiger partial charge in [0.15, 0.2) is 11.7 Å². The Bertz CT molecular complexity index is 212. The molecule has 5 N–H and O–H groups in total. The Hall–Kier alpha value is -0.590. The smallest absolute Gasteiger partial charge is 0.325 e. The van der Waals surface area contributed by atoms with Crippen molar-refractivity contribution in [1.82, 2.24) is 5.48 Å². The van der Waals surface area contributed by atoms with Crippen LogP contribution in [0.4, 0.5) is 0 Å². The second kappa shape index (κ2) is 6.80. The van der Waals surface area contributed by atoms with Gasteiger partial charge >= 0.3 is 14.0 Å². The Kier molecular flexibility index (Phi) is 6.52. The molecular formula is C6H13N2O5P. The third-order valence-corrected chi connectivity index (χ3v) is 2.88. The molecule has 7 nitrogen and oxygen atoms in total. The minimum Gasteiger partial charge on any atom is -0.595 e. The second-order valence-electron chi connectivity index (χ2n) is 2.77. The fraction of sp³-hybridized carbons (Fsp3) is 0.833. The highest BCUT2D eigenvalue weighted by Gasteiger charge is 2.33. The first-order chi connectivity index (χ1) is 6.50. The predicted molar refractivity (Wildman–Crippen MR) is 46.0 cm³/mol. The van der Waals surface area contributed by atoms with Gasteiger partial charge in [-0.15, -0.1) is 0 Å². The van der Waals surface area contributed by atoms with Crippen molar-refractivity contribution in [2.45, 2.75) is 24.5 Å². The van der Waals surface area contributed by atoms with E-state index in [0.29, 0.717) is 6.42 Å². The number of hydroxylamine groups is 1. The molecule has 0 aliphatic rings. The van der Waals surface area contributed by atoms with Crippen molar-refractivity contribution in [3.05, 3.63) is 0 Å². The fourth-order valence-corrected chi connectivity index (χ4v) is 1.75. The molecule has 0 aliphatic carbocycles. The van der Waals surface area contributed by atoms with Crippen molar-refractivity contribution in [3.8, 4) is 0 Å². The summed E-state index contributed by atoms with van der Waals surface area (Å²) >= 11 is 0. The number of carboxylic acid groups (broad SMARTS) is 1. The number of nitrogens with one attached hydrogen (secondary N) is 1. The lowest BCUT2D eigenvalue weighted by molar-refractivity contribution is -0.168. The van der Waals surface area contributed by atoms with Gasteiger partial charge in [-0.3, -0.25) is 4.79 Å². The number of hydrogen-bond donors (Lipinski definition) is 4. The number of carbonyl (C=O) groups is 1. The lowest BCUT2D eigenvalue weighted by Crippen LogP contribution is -2.41. The van der Waals surface area contributed by atoms with Crippen LogP contribution in [-0.2, 0) is 9.36 Å². The Morgan fingerprint density at radius 3 is 2.57 bits per heavy atom. The van der Waals surface area contributed by atoms with Crippen molar-refractivity contribution in [1.29, 1.82) is 0 Å². The quantitative estimate of drug-likeness (QED) is 0.238. The first-order valence-corrected chi connectivity index (χ1v) is 5.24. The van der Waals surface area contributed by atoms with E-state index in [-0.39, 0.29) is 13.0 Å². The molecule has 0 amide bonds. The maximum Gasteiger partial charge on any atom is 0.325 e. The summed E-state index contributed by atoms with van der Waals surface area (Å²) in [4.78, 5) is 21.1. The predicted octanol–water partition coefficient (Wildman–Crippen LogP) is -1.37. The summed E-state index contributed by atoms with van der Waals surface area (Å²) in [7, 11) is -2.87. The molecular weight excluding hydrogens is 211 g/mol. The topological polar surface area (TPSA) is 136 Å². The van der Waals surface area contributed by atoms with Crippen LogP contribution in [0.1, 0.15) is 12.8 Å². The fourth-order valence-electron chi connectivity index (χ4n) is 0.971. The van der Waals surface area contributed by atoms with E-state index >= 15 is 0 Å². The zero-order chi connectivity index (χ0) is 11.1. The molecule has 0 aliphatic heterocycles. The molecule has 0 saturated heterocycles. The summed E-state index contributed by atoms with van der Waals surface area (Å²) in [5.74, 6) is -1.34. The van der Waals surface area contributed by atoms with E-state index in [0.717, 1.165) is 0 Å². The molecule has 0 bridgehead atoms. The number of aliphatic carboxylic acids is 1. The average Bonchev–Trinajstić information content (AvgIpc) is 2.10. The molecule has 0 rings (SSSR count). The van der Waals surface area contributed by atoms with Crippen LogP contribution in [0.3, 0.4) is 0 Å². The summed E-state index contributed by atoms with van der Waals surface area (Å²) < 4.78 is 10.7. The van der Waals surface area contributed by atoms with E-state index in [1.807, 2.05) is 5.48 Å². The molecule has 0 heterocycles. The van der Waals surface area contributed by atoms with Crippen molar-refractivity contribution >= 4 is 14.0 Å². The van der Waals surface area contributed by atoms with Crippen LogP contribution in [0.5, 0.6) is 0 Å². The first-order valence-electron chi connectivity index (χ1n) is 3.99. The van der Waals surface area contributed by atoms with E-state index in [1.54, 1.807) is 0 Å². The van der Waals surface area contributed by atoms with Gasteiger partial charge in [-0.05, 0) is 12.8 Å². The molecule has 0 spiro atoms. The minimum atomic E-state index is -2.87. The number of rotatable bonds is 7. The molecule has 0 saturated carbocycles. The highest BCUT2D eigenvalue weighted by molar-refractivity contribution is 7.37. The molecule has 0 fully saturated rings. The van der Waals surface area contributed by atoms with Crippen LogP contribution in [0.15, 0.2) is 0 Å². The van der Waals surface area contributed by atoms with E-state index < -0.39 is 25.7 Å². The Morgan fingerprint density at radius 1 is 1.64 bits per heavy atom. The summed E-state index contributed by atoms with van der Waals surface area (Å²) in [6, 6.07) is -1.41. The van der Waals surface area contributed by atoms with Gasteiger partial charge < -0.3 is 20.9 Å². The lowest BCUT2D eigenvalue weighted by Gasteiger charge is -2.12. The van der Waals surface area contributed by atoms with Crippen molar-refractivity contribution in [3.63, 3.8) is 0 Å². The van der Waals surface area contributed by atoms with Gasteiger partial charge in [0.2, 0.25) is 0 Å². The highest BCUT2D eigenvalue weighted by Crippen LogP contribution is 2.24. The van der Waals surface area contributed by atoms with Crippen LogP contribution < -0.4 is 16.1 Å². The van der Waals surface area contributed by atoms with Crippen molar-refractivity contribution in [2.75, 3.05) is 6.54 Å². The van der Waals surface area contributed by atoms with Crippen LogP contribution >= 0.6 is 8.03 Å². The molecule has 0 aromatic heterocycles. The maximum absolute atomic E-state index is 10.7. The first kappa shape index (κ1) is 13.4. The molecule has 82 valence electrons. The number of nitrogens with two attached hydrogens (primary N) is 1. The zero-order valence-corrected chi connectivity index (χ0v) is 8.31. The zero-order valence-electron chi connectivity index (χ0n) is 7.42. The normalized spacial score (nSPS) is 16.1. The van der Waals surface area contributed by atoms with Gasteiger partial charge in [0.25, 0.3) is 0 Å². The molecule has 14 heavy (non-hydrogen) atoms. The second-order valence-corrected chi connectivity index (χ2v) is 4.00. The van der Waals surface area contributed by atoms with Crippen molar-refractivity contribution in [2.24, 2.45) is 5.73 Å². The minimum absolute atomic E-state index is 0.111. The van der Waals surface area contributed by atoms with Gasteiger partial charge in [-0.1, -0.05) is 4.57 Å². The van der Waals surface area contributed by atoms with Gasteiger partial charge in [0.1, 0.15) is 0 Å². The summed E-state index contributed by atoms with van der Waals surface area (Å²) in [6.07, 6.45) is 0.450. The van der Waals surface area contributed by atoms with Gasteiger partial charge in [0, 0.05) is 6.54 Å². The lowest BCUT2D eigenvalue weighted by atomic mass is 10.1. The largest absolute Gasteiger partial charge is 0.595 e. The van der Waals surface area contributed by atoms with Gasteiger partial charge in [0.05, 0.1) is 0 Å². The third kappa shape index (κ3) is 4.59. The highest BCUT2D eigenvalue weighted by atomic mass is 31.1. The SMILES string of the molecule is N[C@H](C(=O)O)C(CCCNO)[P+](=O)[O-]. The van der Waals surface area contributed by atoms with E-state index in [1.165, 1.54) is 0 Å². The molecule has 0 aromatic carbocycles. The summed E-state index contributed by atoms with van der Waals surface area (Å²) in [5, 5.41) is 16.7. The molecule has 8 heteroatoms. The van der Waals surface area contributed by atoms with E-state index in [4.69, 9.17) is 16.0 Å². The van der Waals surface area contributed by atoms with E-state index in [2.05, 4.69) is 0 Å². The molecule has 0 radical (unpaired) electrons. The number of carboxylic acids is 1. The van der Waals surface area contributed by atoms with Crippen LogP contribution in [0, 0.1) is 0 Å².